The number of sulfone groups is 2. The third-order valence-electron chi connectivity index (χ3n) is 6.87. The van der Waals surface area contributed by atoms with Gasteiger partial charge >= 0.3 is 0 Å². The fourth-order valence-corrected chi connectivity index (χ4v) is 8.89. The Bertz CT molecular complexity index is 2060. The van der Waals surface area contributed by atoms with Crippen LogP contribution in [-0.2, 0) is 19.7 Å². The molecule has 0 bridgehead atoms. The number of ketones is 2. The molecule has 5 rings (SSSR count). The molecule has 0 radical (unpaired) electrons. The molecule has 0 unspecified atom stereocenters. The van der Waals surface area contributed by atoms with Crippen molar-refractivity contribution < 1.29 is 26.4 Å². The SMILES string of the molecule is Cc1ccc(S(=O)(=O)c2cc(Br)c(N)c3c2C(=O)c2c(N)c(Br)c(N)c(S(=O)(=O)c4ccc(C)cc4)c2C3=O)cc1. The summed E-state index contributed by atoms with van der Waals surface area (Å²) in [5.41, 5.74) is 17.3. The summed E-state index contributed by atoms with van der Waals surface area (Å²) in [5.74, 6) is -2.00. The Morgan fingerprint density at radius 3 is 1.54 bits per heavy atom. The molecule has 0 saturated heterocycles. The minimum atomic E-state index is -4.49. The average Bonchev–Trinajstić information content (AvgIpc) is 2.91. The third kappa shape index (κ3) is 4.30. The van der Waals surface area contributed by atoms with Gasteiger partial charge in [0.1, 0.15) is 4.90 Å². The maximum atomic E-state index is 14.2. The maximum absolute atomic E-state index is 14.2. The van der Waals surface area contributed by atoms with E-state index in [0.717, 1.165) is 17.2 Å². The number of nitrogen functional groups attached to an aromatic ring is 3. The molecule has 0 atom stereocenters. The smallest absolute Gasteiger partial charge is 0.209 e. The van der Waals surface area contributed by atoms with Crippen LogP contribution in [0.1, 0.15) is 43.0 Å². The van der Waals surface area contributed by atoms with E-state index in [1.807, 2.05) is 0 Å². The van der Waals surface area contributed by atoms with Crippen molar-refractivity contribution in [1.82, 2.24) is 0 Å². The summed E-state index contributed by atoms with van der Waals surface area (Å²) in [6.07, 6.45) is 0. The van der Waals surface area contributed by atoms with E-state index in [1.54, 1.807) is 38.1 Å². The number of nitrogens with two attached hydrogens (primary N) is 3. The van der Waals surface area contributed by atoms with Gasteiger partial charge in [0, 0.05) is 4.47 Å². The van der Waals surface area contributed by atoms with Gasteiger partial charge < -0.3 is 17.2 Å². The molecule has 0 aromatic heterocycles. The molecule has 41 heavy (non-hydrogen) atoms. The molecule has 9 nitrogen and oxygen atoms in total. The summed E-state index contributed by atoms with van der Waals surface area (Å²) in [6, 6.07) is 12.9. The van der Waals surface area contributed by atoms with Gasteiger partial charge in [-0.15, -0.1) is 0 Å². The molecule has 0 spiro atoms. The van der Waals surface area contributed by atoms with Gasteiger partial charge in [-0.25, -0.2) is 16.8 Å². The highest BCUT2D eigenvalue weighted by Crippen LogP contribution is 2.48. The molecule has 0 amide bonds. The van der Waals surface area contributed by atoms with Crippen LogP contribution in [0.2, 0.25) is 0 Å². The topological polar surface area (TPSA) is 180 Å². The Morgan fingerprint density at radius 2 is 1.02 bits per heavy atom. The molecule has 13 heteroatoms. The number of carbonyl (C=O) groups is 2. The molecular weight excluding hydrogens is 698 g/mol. The molecular formula is C28H21Br2N3O6S2. The Morgan fingerprint density at radius 1 is 0.585 bits per heavy atom. The lowest BCUT2D eigenvalue weighted by atomic mass is 9.82. The van der Waals surface area contributed by atoms with Crippen LogP contribution in [-0.4, -0.2) is 28.4 Å². The first kappa shape index (κ1) is 29.0. The second-order valence-corrected chi connectivity index (χ2v) is 15.0. The van der Waals surface area contributed by atoms with Gasteiger partial charge in [-0.3, -0.25) is 9.59 Å². The van der Waals surface area contributed by atoms with Gasteiger partial charge in [-0.2, -0.15) is 0 Å². The van der Waals surface area contributed by atoms with Gasteiger partial charge in [-0.1, -0.05) is 35.4 Å². The third-order valence-corrected chi connectivity index (χ3v) is 12.0. The van der Waals surface area contributed by atoms with Crippen molar-refractivity contribution in [3.8, 4) is 0 Å². The number of fused-ring (bicyclic) bond motifs is 2. The van der Waals surface area contributed by atoms with Gasteiger partial charge in [0.15, 0.2) is 11.6 Å². The highest BCUT2D eigenvalue weighted by Gasteiger charge is 2.44. The molecule has 4 aromatic rings. The quantitative estimate of drug-likeness (QED) is 0.215. The zero-order valence-corrected chi connectivity index (χ0v) is 26.3. The van der Waals surface area contributed by atoms with Gasteiger partial charge in [-0.05, 0) is 76.0 Å². The lowest BCUT2D eigenvalue weighted by Gasteiger charge is -2.27. The van der Waals surface area contributed by atoms with Crippen LogP contribution in [0.15, 0.2) is 83.1 Å². The minimum Gasteiger partial charge on any atom is -0.397 e. The van der Waals surface area contributed by atoms with Crippen LogP contribution in [0.5, 0.6) is 0 Å². The van der Waals surface area contributed by atoms with Crippen molar-refractivity contribution >= 4 is 80.2 Å². The summed E-state index contributed by atoms with van der Waals surface area (Å²) < 4.78 is 55.3. The summed E-state index contributed by atoms with van der Waals surface area (Å²) in [5, 5.41) is 0. The fourth-order valence-electron chi connectivity index (χ4n) is 4.71. The number of aryl methyl sites for hydroxylation is 2. The number of benzene rings is 4. The van der Waals surface area contributed by atoms with E-state index in [9.17, 15) is 26.4 Å². The van der Waals surface area contributed by atoms with Gasteiger partial charge in [0.2, 0.25) is 19.7 Å². The summed E-state index contributed by atoms with van der Waals surface area (Å²) >= 11 is 6.38. The van der Waals surface area contributed by atoms with Crippen molar-refractivity contribution in [2.75, 3.05) is 17.2 Å². The maximum Gasteiger partial charge on any atom is 0.209 e. The largest absolute Gasteiger partial charge is 0.397 e. The summed E-state index contributed by atoms with van der Waals surface area (Å²) in [7, 11) is -8.86. The van der Waals surface area contributed by atoms with Crippen LogP contribution in [0, 0.1) is 13.8 Å². The highest BCUT2D eigenvalue weighted by atomic mass is 79.9. The van der Waals surface area contributed by atoms with E-state index in [4.69, 9.17) is 17.2 Å². The summed E-state index contributed by atoms with van der Waals surface area (Å²) in [6.45, 7) is 3.56. The van der Waals surface area contributed by atoms with Crippen LogP contribution in [0.3, 0.4) is 0 Å². The first-order valence-corrected chi connectivity index (χ1v) is 16.4. The predicted molar refractivity (Wildman–Crippen MR) is 162 cm³/mol. The number of rotatable bonds is 4. The van der Waals surface area contributed by atoms with Crippen molar-refractivity contribution in [3.05, 3.63) is 96.9 Å². The van der Waals surface area contributed by atoms with E-state index >= 15 is 0 Å². The molecule has 0 heterocycles. The molecule has 0 fully saturated rings. The van der Waals surface area contributed by atoms with Crippen LogP contribution in [0.4, 0.5) is 17.1 Å². The van der Waals surface area contributed by atoms with Crippen molar-refractivity contribution in [1.29, 1.82) is 0 Å². The average molecular weight is 719 g/mol. The number of halogens is 2. The van der Waals surface area contributed by atoms with Crippen LogP contribution < -0.4 is 17.2 Å². The Labute approximate surface area is 252 Å². The van der Waals surface area contributed by atoms with Gasteiger partial charge in [0.25, 0.3) is 0 Å². The monoisotopic (exact) mass is 717 g/mol. The lowest BCUT2D eigenvalue weighted by Crippen LogP contribution is -2.29. The molecule has 210 valence electrons. The number of carbonyl (C=O) groups excluding carboxylic acids is 2. The van der Waals surface area contributed by atoms with E-state index < -0.39 is 63.3 Å². The first-order chi connectivity index (χ1) is 19.1. The molecule has 1 aliphatic carbocycles. The van der Waals surface area contributed by atoms with Crippen LogP contribution in [0.25, 0.3) is 0 Å². The van der Waals surface area contributed by atoms with Crippen LogP contribution >= 0.6 is 31.9 Å². The van der Waals surface area contributed by atoms with Crippen molar-refractivity contribution in [3.63, 3.8) is 0 Å². The van der Waals surface area contributed by atoms with Gasteiger partial charge in [0.05, 0.1) is 58.5 Å². The highest BCUT2D eigenvalue weighted by molar-refractivity contribution is 9.11. The number of hydrogen-bond donors (Lipinski definition) is 3. The zero-order valence-electron chi connectivity index (χ0n) is 21.5. The minimum absolute atomic E-state index is 0.0209. The Balaban J connectivity index is 1.89. The second kappa shape index (κ2) is 9.79. The molecule has 0 saturated carbocycles. The summed E-state index contributed by atoms with van der Waals surface area (Å²) in [4.78, 5) is 27.0. The Hall–Kier alpha value is -3.52. The molecule has 6 N–H and O–H groups in total. The second-order valence-electron chi connectivity index (χ2n) is 9.53. The zero-order chi connectivity index (χ0) is 30.2. The molecule has 1 aliphatic rings. The predicted octanol–water partition coefficient (Wildman–Crippen LogP) is 5.02. The van der Waals surface area contributed by atoms with E-state index in [2.05, 4.69) is 31.9 Å². The number of anilines is 3. The van der Waals surface area contributed by atoms with E-state index in [0.29, 0.717) is 0 Å². The number of hydrogen-bond acceptors (Lipinski definition) is 9. The normalized spacial score (nSPS) is 13.2. The van der Waals surface area contributed by atoms with Crippen molar-refractivity contribution in [2.24, 2.45) is 0 Å². The van der Waals surface area contributed by atoms with Crippen molar-refractivity contribution in [2.45, 2.75) is 33.4 Å². The Kier molecular flexibility index (Phi) is 6.92. The van der Waals surface area contributed by atoms with E-state index in [-0.39, 0.29) is 35.8 Å². The molecule has 0 aliphatic heterocycles. The first-order valence-electron chi connectivity index (χ1n) is 11.9. The van der Waals surface area contributed by atoms with E-state index in [1.165, 1.54) is 24.3 Å². The lowest BCUT2D eigenvalue weighted by molar-refractivity contribution is 0.0975. The fraction of sp³-hybridized carbons (Fsp3) is 0.0714. The standard InChI is InChI=1S/C28H21Br2N3O6S2/c1-12-3-7-14(8-4-12)40(36,37)17-11-16(29)23(31)19-18(17)26(34)20-21(27(19)35)28(25(33)22(30)24(20)32)41(38,39)15-9-5-13(2)6-10-15/h3-11H,31-33H2,1-2H3. The molecule has 4 aromatic carbocycles.